The Morgan fingerprint density at radius 2 is 2.16 bits per heavy atom. The van der Waals surface area contributed by atoms with Crippen LogP contribution in [0, 0.1) is 0 Å². The maximum Gasteiger partial charge on any atom is 0.274 e. The molecule has 0 unspecified atom stereocenters. The highest BCUT2D eigenvalue weighted by molar-refractivity contribution is 5.93. The van der Waals surface area contributed by atoms with Crippen LogP contribution in [0.4, 0.5) is 5.82 Å². The maximum atomic E-state index is 12.5. The third-order valence-corrected chi connectivity index (χ3v) is 3.58. The van der Waals surface area contributed by atoms with Crippen LogP contribution < -0.4 is 11.1 Å². The van der Waals surface area contributed by atoms with Crippen LogP contribution in [0.3, 0.4) is 0 Å². The van der Waals surface area contributed by atoms with Gasteiger partial charge in [0.25, 0.3) is 5.91 Å². The Hall–Kier alpha value is -3.30. The first kappa shape index (κ1) is 16.6. The Morgan fingerprint density at radius 1 is 1.28 bits per heavy atom. The van der Waals surface area contributed by atoms with Gasteiger partial charge in [-0.05, 0) is 35.4 Å². The number of rotatable bonds is 7. The lowest BCUT2D eigenvalue weighted by Gasteiger charge is -2.07. The molecule has 0 saturated heterocycles. The Kier molecular flexibility index (Phi) is 4.97. The summed E-state index contributed by atoms with van der Waals surface area (Å²) < 4.78 is 0. The maximum absolute atomic E-state index is 12.5. The molecule has 0 aliphatic rings. The number of nitrogen functional groups attached to an aromatic ring is 1. The molecule has 3 heterocycles. The Labute approximate surface area is 144 Å². The summed E-state index contributed by atoms with van der Waals surface area (Å²) in [7, 11) is 0. The van der Waals surface area contributed by atoms with Crippen molar-refractivity contribution in [3.05, 3.63) is 47.7 Å². The van der Waals surface area contributed by atoms with Gasteiger partial charge in [0.2, 0.25) is 0 Å². The van der Waals surface area contributed by atoms with Gasteiger partial charge in [-0.15, -0.1) is 19.8 Å². The van der Waals surface area contributed by atoms with Crippen LogP contribution in [-0.4, -0.2) is 41.1 Å². The van der Waals surface area contributed by atoms with E-state index in [-0.39, 0.29) is 17.4 Å². The van der Waals surface area contributed by atoms with Crippen LogP contribution in [0.5, 0.6) is 0 Å². The van der Waals surface area contributed by atoms with Gasteiger partial charge in [0.15, 0.2) is 11.5 Å². The molecule has 3 aromatic rings. The zero-order valence-electron chi connectivity index (χ0n) is 13.8. The molecular weight excluding hydrogens is 322 g/mol. The quantitative estimate of drug-likeness (QED) is 0.637. The summed E-state index contributed by atoms with van der Waals surface area (Å²) in [6.07, 6.45) is 5.69. The van der Waals surface area contributed by atoms with Crippen LogP contribution in [0.2, 0.25) is 0 Å². The van der Waals surface area contributed by atoms with Crippen LogP contribution in [-0.2, 0) is 13.0 Å². The molecule has 1 amide bonds. The molecule has 25 heavy (non-hydrogen) atoms. The van der Waals surface area contributed by atoms with Gasteiger partial charge in [-0.1, -0.05) is 19.4 Å². The van der Waals surface area contributed by atoms with E-state index in [1.54, 1.807) is 6.20 Å². The number of pyridine rings is 1. The lowest BCUT2D eigenvalue weighted by Crippen LogP contribution is -2.25. The number of carbonyl (C=O) groups is 1. The van der Waals surface area contributed by atoms with E-state index in [2.05, 4.69) is 37.8 Å². The van der Waals surface area contributed by atoms with E-state index in [1.165, 1.54) is 15.8 Å². The highest BCUT2D eigenvalue weighted by Crippen LogP contribution is 2.11. The summed E-state index contributed by atoms with van der Waals surface area (Å²) in [4.78, 5) is 19.5. The summed E-state index contributed by atoms with van der Waals surface area (Å²) in [5, 5.41) is 18.5. The number of amides is 1. The predicted molar refractivity (Wildman–Crippen MR) is 89.3 cm³/mol. The lowest BCUT2D eigenvalue weighted by molar-refractivity contribution is 0.0944. The van der Waals surface area contributed by atoms with E-state index in [4.69, 9.17) is 5.73 Å². The van der Waals surface area contributed by atoms with Crippen molar-refractivity contribution in [3.8, 4) is 0 Å². The molecule has 0 atom stereocenters. The number of carbonyl (C=O) groups excluding carboxylic acids is 1. The van der Waals surface area contributed by atoms with Gasteiger partial charge in [0.05, 0.1) is 24.1 Å². The van der Waals surface area contributed by atoms with Crippen molar-refractivity contribution < 1.29 is 4.79 Å². The standard InChI is InChI=1S/C15H19N9O/c1-2-3-7-12-14(15(25)18-9-11-6-4-5-8-17-11)20-22-24(12)23-10-13(16)19-21-23/h4-6,8,10H,2-3,7,9,16H2,1H3,(H,18,25). The van der Waals surface area contributed by atoms with Gasteiger partial charge in [-0.3, -0.25) is 9.78 Å². The predicted octanol–water partition coefficient (Wildman–Crippen LogP) is 0.431. The van der Waals surface area contributed by atoms with Crippen molar-refractivity contribution in [1.29, 1.82) is 0 Å². The number of unbranched alkanes of at least 4 members (excludes halogenated alkanes) is 1. The largest absolute Gasteiger partial charge is 0.381 e. The molecular formula is C15H19N9O. The number of hydrogen-bond donors (Lipinski definition) is 2. The highest BCUT2D eigenvalue weighted by Gasteiger charge is 2.21. The normalized spacial score (nSPS) is 10.8. The van der Waals surface area contributed by atoms with Crippen LogP contribution in [0.1, 0.15) is 41.6 Å². The van der Waals surface area contributed by atoms with E-state index < -0.39 is 0 Å². The van der Waals surface area contributed by atoms with E-state index >= 15 is 0 Å². The number of hydrogen-bond acceptors (Lipinski definition) is 7. The summed E-state index contributed by atoms with van der Waals surface area (Å²) in [6.45, 7) is 2.39. The molecule has 0 aromatic carbocycles. The first-order valence-electron chi connectivity index (χ1n) is 8.00. The van der Waals surface area contributed by atoms with Crippen LogP contribution >= 0.6 is 0 Å². The minimum atomic E-state index is -0.309. The van der Waals surface area contributed by atoms with Gasteiger partial charge in [-0.25, -0.2) is 0 Å². The van der Waals surface area contributed by atoms with Gasteiger partial charge in [-0.2, -0.15) is 0 Å². The van der Waals surface area contributed by atoms with Crippen molar-refractivity contribution in [3.63, 3.8) is 0 Å². The molecule has 0 aliphatic carbocycles. The molecule has 130 valence electrons. The second-order valence-electron chi connectivity index (χ2n) is 5.45. The van der Waals surface area contributed by atoms with Gasteiger partial charge < -0.3 is 11.1 Å². The van der Waals surface area contributed by atoms with Gasteiger partial charge in [0.1, 0.15) is 0 Å². The molecule has 0 fully saturated rings. The SMILES string of the molecule is CCCCc1c(C(=O)NCc2ccccn2)nnn1-n1cc(N)nn1. The van der Waals surface area contributed by atoms with Crippen LogP contribution in [0.25, 0.3) is 0 Å². The monoisotopic (exact) mass is 341 g/mol. The number of nitrogens with zero attached hydrogens (tertiary/aromatic N) is 7. The molecule has 0 radical (unpaired) electrons. The Morgan fingerprint density at radius 3 is 2.84 bits per heavy atom. The molecule has 3 N–H and O–H groups in total. The Balaban J connectivity index is 1.82. The number of nitrogens with two attached hydrogens (primary N) is 1. The topological polar surface area (TPSA) is 129 Å². The lowest BCUT2D eigenvalue weighted by atomic mass is 10.1. The fraction of sp³-hybridized carbons (Fsp3) is 0.333. The molecule has 0 bridgehead atoms. The average molecular weight is 341 g/mol. The number of nitrogens with one attached hydrogen (secondary N) is 1. The number of aromatic nitrogens is 7. The minimum Gasteiger partial charge on any atom is -0.381 e. The zero-order valence-corrected chi connectivity index (χ0v) is 13.8. The molecule has 3 rings (SSSR count). The third kappa shape index (κ3) is 3.79. The van der Waals surface area contributed by atoms with Crippen molar-refractivity contribution in [2.75, 3.05) is 5.73 Å². The summed E-state index contributed by atoms with van der Waals surface area (Å²) in [5.74, 6) is -0.0470. The molecule has 0 spiro atoms. The average Bonchev–Trinajstić information content (AvgIpc) is 3.24. The molecule has 3 aromatic heterocycles. The second kappa shape index (κ2) is 7.51. The molecule has 10 nitrogen and oxygen atoms in total. The summed E-state index contributed by atoms with van der Waals surface area (Å²) >= 11 is 0. The fourth-order valence-electron chi connectivity index (χ4n) is 2.31. The van der Waals surface area contributed by atoms with Crippen molar-refractivity contribution in [2.24, 2.45) is 0 Å². The summed E-state index contributed by atoms with van der Waals surface area (Å²) in [5.41, 5.74) is 7.29. The molecule has 0 aliphatic heterocycles. The van der Waals surface area contributed by atoms with Crippen molar-refractivity contribution >= 4 is 11.7 Å². The highest BCUT2D eigenvalue weighted by atomic mass is 16.2. The third-order valence-electron chi connectivity index (χ3n) is 3.58. The Bertz CT molecular complexity index is 840. The molecule has 0 saturated carbocycles. The first-order valence-corrected chi connectivity index (χ1v) is 8.00. The smallest absolute Gasteiger partial charge is 0.274 e. The van der Waals surface area contributed by atoms with E-state index in [9.17, 15) is 4.79 Å². The summed E-state index contributed by atoms with van der Waals surface area (Å²) in [6, 6.07) is 5.53. The fourth-order valence-corrected chi connectivity index (χ4v) is 2.31. The minimum absolute atomic E-state index is 0.262. The zero-order chi connectivity index (χ0) is 17.6. The van der Waals surface area contributed by atoms with Gasteiger partial charge >= 0.3 is 0 Å². The van der Waals surface area contributed by atoms with E-state index in [1.807, 2.05) is 18.2 Å². The van der Waals surface area contributed by atoms with Gasteiger partial charge in [0, 0.05) is 6.20 Å². The van der Waals surface area contributed by atoms with E-state index in [0.29, 0.717) is 18.7 Å². The van der Waals surface area contributed by atoms with E-state index in [0.717, 1.165) is 18.5 Å². The second-order valence-corrected chi connectivity index (χ2v) is 5.45. The van der Waals surface area contributed by atoms with Crippen LogP contribution in [0.15, 0.2) is 30.6 Å². The first-order chi connectivity index (χ1) is 12.2. The molecule has 10 heteroatoms. The van der Waals surface area contributed by atoms with Crippen molar-refractivity contribution in [1.82, 2.24) is 40.5 Å². The number of anilines is 1. The van der Waals surface area contributed by atoms with Crippen molar-refractivity contribution in [2.45, 2.75) is 32.7 Å².